The maximum atomic E-state index is 12.9. The molecule has 0 fully saturated rings. The highest BCUT2D eigenvalue weighted by molar-refractivity contribution is 6.30. The smallest absolute Gasteiger partial charge is 0.137 e. The Morgan fingerprint density at radius 3 is 2.21 bits per heavy atom. The summed E-state index contributed by atoms with van der Waals surface area (Å²) in [6.07, 6.45) is 0.595. The first kappa shape index (κ1) is 13.8. The number of carbonyl (C=O) groups excluding carboxylic acids is 1. The van der Waals surface area contributed by atoms with Gasteiger partial charge in [0.2, 0.25) is 0 Å². The third kappa shape index (κ3) is 3.65. The predicted octanol–water partition coefficient (Wildman–Crippen LogP) is 4.39. The number of ketones is 1. The molecule has 0 saturated carbocycles. The molecule has 1 nitrogen and oxygen atoms in total. The van der Waals surface area contributed by atoms with Gasteiger partial charge in [-0.1, -0.05) is 35.9 Å². The largest absolute Gasteiger partial charge is 0.299 e. The molecule has 1 atom stereocenters. The lowest BCUT2D eigenvalue weighted by molar-refractivity contribution is -0.118. The summed E-state index contributed by atoms with van der Waals surface area (Å²) < 4.78 is 12.9. The number of hydrogen-bond acceptors (Lipinski definition) is 1. The molecule has 0 spiro atoms. The van der Waals surface area contributed by atoms with Crippen LogP contribution in [0.25, 0.3) is 0 Å². The van der Waals surface area contributed by atoms with Crippen LogP contribution in [0.15, 0.2) is 48.5 Å². The number of rotatable bonds is 4. The van der Waals surface area contributed by atoms with Crippen LogP contribution in [-0.2, 0) is 11.2 Å². The molecule has 0 aliphatic carbocycles. The van der Waals surface area contributed by atoms with Gasteiger partial charge in [0, 0.05) is 10.9 Å². The van der Waals surface area contributed by atoms with Gasteiger partial charge in [-0.05, 0) is 48.7 Å². The maximum Gasteiger partial charge on any atom is 0.137 e. The van der Waals surface area contributed by atoms with Gasteiger partial charge in [-0.3, -0.25) is 4.79 Å². The van der Waals surface area contributed by atoms with E-state index in [1.54, 1.807) is 31.2 Å². The maximum absolute atomic E-state index is 12.9. The monoisotopic (exact) mass is 276 g/mol. The Hall–Kier alpha value is -1.67. The fourth-order valence-electron chi connectivity index (χ4n) is 2.05. The van der Waals surface area contributed by atoms with Crippen LogP contribution in [0.5, 0.6) is 0 Å². The first-order valence-corrected chi connectivity index (χ1v) is 6.44. The van der Waals surface area contributed by atoms with E-state index in [0.717, 1.165) is 11.1 Å². The summed E-state index contributed by atoms with van der Waals surface area (Å²) in [6.45, 7) is 1.56. The van der Waals surface area contributed by atoms with Crippen molar-refractivity contribution < 1.29 is 9.18 Å². The minimum absolute atomic E-state index is 0.0709. The molecule has 0 N–H and O–H groups in total. The van der Waals surface area contributed by atoms with Crippen molar-refractivity contribution >= 4 is 17.4 Å². The zero-order valence-electron chi connectivity index (χ0n) is 10.6. The van der Waals surface area contributed by atoms with E-state index < -0.39 is 0 Å². The van der Waals surface area contributed by atoms with Gasteiger partial charge in [-0.15, -0.1) is 0 Å². The van der Waals surface area contributed by atoms with Gasteiger partial charge in [0.25, 0.3) is 0 Å². The molecule has 0 aromatic heterocycles. The number of Topliss-reactive ketones (excluding diaryl/α,β-unsaturated/α-hetero) is 1. The van der Waals surface area contributed by atoms with Crippen molar-refractivity contribution in [2.75, 3.05) is 0 Å². The first-order valence-electron chi connectivity index (χ1n) is 6.06. The van der Waals surface area contributed by atoms with Crippen molar-refractivity contribution in [2.24, 2.45) is 0 Å². The molecule has 19 heavy (non-hydrogen) atoms. The number of halogens is 2. The van der Waals surface area contributed by atoms with Crippen LogP contribution < -0.4 is 0 Å². The van der Waals surface area contributed by atoms with Crippen LogP contribution >= 0.6 is 11.6 Å². The quantitative estimate of drug-likeness (QED) is 0.809. The van der Waals surface area contributed by atoms with E-state index in [4.69, 9.17) is 11.6 Å². The van der Waals surface area contributed by atoms with Gasteiger partial charge in [0.1, 0.15) is 11.6 Å². The fraction of sp³-hybridized carbons (Fsp3) is 0.188. The minimum atomic E-state index is -0.294. The van der Waals surface area contributed by atoms with Gasteiger partial charge in [-0.25, -0.2) is 4.39 Å². The molecule has 0 radical (unpaired) electrons. The molecule has 0 amide bonds. The van der Waals surface area contributed by atoms with Crippen molar-refractivity contribution in [1.82, 2.24) is 0 Å². The second-order valence-corrected chi connectivity index (χ2v) is 4.98. The summed E-state index contributed by atoms with van der Waals surface area (Å²) >= 11 is 5.84. The highest BCUT2D eigenvalue weighted by Gasteiger charge is 2.17. The zero-order valence-corrected chi connectivity index (χ0v) is 11.3. The molecule has 0 saturated heterocycles. The van der Waals surface area contributed by atoms with Crippen LogP contribution in [0.4, 0.5) is 4.39 Å². The van der Waals surface area contributed by atoms with E-state index in [9.17, 15) is 9.18 Å². The van der Waals surface area contributed by atoms with Gasteiger partial charge in [0.15, 0.2) is 0 Å². The first-order chi connectivity index (χ1) is 9.06. The molecular formula is C16H14ClFO. The lowest BCUT2D eigenvalue weighted by Gasteiger charge is -2.14. The Morgan fingerprint density at radius 2 is 1.68 bits per heavy atom. The van der Waals surface area contributed by atoms with Crippen LogP contribution in [0.3, 0.4) is 0 Å². The average Bonchev–Trinajstić information content (AvgIpc) is 2.39. The Bertz CT molecular complexity index is 560. The van der Waals surface area contributed by atoms with Crippen molar-refractivity contribution in [1.29, 1.82) is 0 Å². The summed E-state index contributed by atoms with van der Waals surface area (Å²) in [5.74, 6) is -0.471. The highest BCUT2D eigenvalue weighted by Crippen LogP contribution is 2.23. The molecule has 3 heteroatoms. The predicted molar refractivity (Wildman–Crippen MR) is 75.0 cm³/mol. The third-order valence-electron chi connectivity index (χ3n) is 3.12. The molecule has 2 aromatic rings. The normalized spacial score (nSPS) is 12.2. The van der Waals surface area contributed by atoms with Gasteiger partial charge in [0.05, 0.1) is 0 Å². The molecule has 0 bridgehead atoms. The summed E-state index contributed by atoms with van der Waals surface area (Å²) in [5, 5.41) is 0.671. The zero-order chi connectivity index (χ0) is 13.8. The van der Waals surface area contributed by atoms with Crippen molar-refractivity contribution in [2.45, 2.75) is 19.3 Å². The molecule has 2 aromatic carbocycles. The summed E-state index contributed by atoms with van der Waals surface area (Å²) in [6, 6.07) is 13.5. The standard InChI is InChI=1S/C16H14ClFO/c1-11(19)16(13-4-8-15(18)9-5-13)10-12-2-6-14(17)7-3-12/h2-9,16H,10H2,1H3. The molecular weight excluding hydrogens is 263 g/mol. The topological polar surface area (TPSA) is 17.1 Å². The Morgan fingerprint density at radius 1 is 1.11 bits per heavy atom. The molecule has 98 valence electrons. The summed E-state index contributed by atoms with van der Waals surface area (Å²) in [5.41, 5.74) is 1.87. The van der Waals surface area contributed by atoms with E-state index in [1.165, 1.54) is 12.1 Å². The van der Waals surface area contributed by atoms with Gasteiger partial charge in [-0.2, -0.15) is 0 Å². The summed E-state index contributed by atoms with van der Waals surface area (Å²) in [7, 11) is 0. The number of benzene rings is 2. The van der Waals surface area contributed by atoms with Crippen LogP contribution in [-0.4, -0.2) is 5.78 Å². The second kappa shape index (κ2) is 5.98. The second-order valence-electron chi connectivity index (χ2n) is 4.55. The van der Waals surface area contributed by atoms with Gasteiger partial charge >= 0.3 is 0 Å². The van der Waals surface area contributed by atoms with Crippen molar-refractivity contribution in [3.05, 3.63) is 70.5 Å². The highest BCUT2D eigenvalue weighted by atomic mass is 35.5. The summed E-state index contributed by atoms with van der Waals surface area (Å²) in [4.78, 5) is 11.8. The van der Waals surface area contributed by atoms with Crippen molar-refractivity contribution in [3.8, 4) is 0 Å². The molecule has 0 aliphatic rings. The molecule has 1 unspecified atom stereocenters. The van der Waals surface area contributed by atoms with Crippen molar-refractivity contribution in [3.63, 3.8) is 0 Å². The van der Waals surface area contributed by atoms with E-state index in [2.05, 4.69) is 0 Å². The van der Waals surface area contributed by atoms with Gasteiger partial charge < -0.3 is 0 Å². The van der Waals surface area contributed by atoms with E-state index in [-0.39, 0.29) is 17.5 Å². The third-order valence-corrected chi connectivity index (χ3v) is 3.37. The molecule has 2 rings (SSSR count). The van der Waals surface area contributed by atoms with E-state index >= 15 is 0 Å². The fourth-order valence-corrected chi connectivity index (χ4v) is 2.17. The molecule has 0 aliphatic heterocycles. The Kier molecular flexibility index (Phi) is 4.33. The number of carbonyl (C=O) groups is 1. The van der Waals surface area contributed by atoms with E-state index in [1.807, 2.05) is 12.1 Å². The Labute approximate surface area is 117 Å². The van der Waals surface area contributed by atoms with Crippen LogP contribution in [0.2, 0.25) is 5.02 Å². The van der Waals surface area contributed by atoms with Crippen LogP contribution in [0, 0.1) is 5.82 Å². The Balaban J connectivity index is 2.23. The SMILES string of the molecule is CC(=O)C(Cc1ccc(Cl)cc1)c1ccc(F)cc1. The minimum Gasteiger partial charge on any atom is -0.299 e. The van der Waals surface area contributed by atoms with E-state index in [0.29, 0.717) is 11.4 Å². The average molecular weight is 277 g/mol. The lowest BCUT2D eigenvalue weighted by atomic mass is 9.89. The molecule has 0 heterocycles. The lowest BCUT2D eigenvalue weighted by Crippen LogP contribution is -2.12. The number of hydrogen-bond donors (Lipinski definition) is 0. The van der Waals surface area contributed by atoms with Crippen LogP contribution in [0.1, 0.15) is 24.0 Å².